The summed E-state index contributed by atoms with van der Waals surface area (Å²) in [6.45, 7) is 0. The number of halogens is 2. The fraction of sp³-hybridized carbons (Fsp3) is 0. The summed E-state index contributed by atoms with van der Waals surface area (Å²) in [6, 6.07) is 7.77. The number of rotatable bonds is 3. The van der Waals surface area contributed by atoms with E-state index in [-0.39, 0.29) is 22.0 Å². The van der Waals surface area contributed by atoms with Crippen LogP contribution in [0.1, 0.15) is 20.8 Å². The Balaban J connectivity index is 2.20. The SMILES string of the molecule is O=C(Nc1ccc(C(=O)O)c(Cl)c1)c1cccc(F)n1. The molecule has 0 saturated heterocycles. The van der Waals surface area contributed by atoms with Crippen LogP contribution in [0.3, 0.4) is 0 Å². The molecular weight excluding hydrogens is 287 g/mol. The molecule has 5 nitrogen and oxygen atoms in total. The van der Waals surface area contributed by atoms with E-state index in [1.165, 1.54) is 30.3 Å². The Hall–Kier alpha value is -2.47. The predicted octanol–water partition coefficient (Wildman–Crippen LogP) is 2.82. The number of hydrogen-bond donors (Lipinski definition) is 2. The van der Waals surface area contributed by atoms with E-state index in [1.807, 2.05) is 0 Å². The molecule has 2 N–H and O–H groups in total. The zero-order valence-corrected chi connectivity index (χ0v) is 10.7. The monoisotopic (exact) mass is 294 g/mol. The highest BCUT2D eigenvalue weighted by molar-refractivity contribution is 6.33. The summed E-state index contributed by atoms with van der Waals surface area (Å²) in [7, 11) is 0. The number of hydrogen-bond acceptors (Lipinski definition) is 3. The van der Waals surface area contributed by atoms with Gasteiger partial charge in [-0.15, -0.1) is 0 Å². The van der Waals surface area contributed by atoms with Crippen LogP contribution in [-0.2, 0) is 0 Å². The molecule has 0 bridgehead atoms. The summed E-state index contributed by atoms with van der Waals surface area (Å²) < 4.78 is 12.9. The first-order chi connectivity index (χ1) is 9.47. The minimum Gasteiger partial charge on any atom is -0.478 e. The molecule has 20 heavy (non-hydrogen) atoms. The number of nitrogens with one attached hydrogen (secondary N) is 1. The Morgan fingerprint density at radius 3 is 2.60 bits per heavy atom. The van der Waals surface area contributed by atoms with Crippen LogP contribution in [0.25, 0.3) is 0 Å². The van der Waals surface area contributed by atoms with Crippen molar-refractivity contribution in [2.75, 3.05) is 5.32 Å². The van der Waals surface area contributed by atoms with Crippen LogP contribution in [0, 0.1) is 5.95 Å². The minimum absolute atomic E-state index is 0.0116. The second kappa shape index (κ2) is 5.66. The Morgan fingerprint density at radius 1 is 1.25 bits per heavy atom. The van der Waals surface area contributed by atoms with Crippen LogP contribution in [0.15, 0.2) is 36.4 Å². The maximum Gasteiger partial charge on any atom is 0.337 e. The average molecular weight is 295 g/mol. The van der Waals surface area contributed by atoms with Crippen LogP contribution in [0.4, 0.5) is 10.1 Å². The van der Waals surface area contributed by atoms with Crippen molar-refractivity contribution in [2.24, 2.45) is 0 Å². The molecule has 1 amide bonds. The normalized spacial score (nSPS) is 10.1. The first kappa shape index (κ1) is 14.0. The lowest BCUT2D eigenvalue weighted by molar-refractivity contribution is 0.0697. The van der Waals surface area contributed by atoms with Gasteiger partial charge in [-0.25, -0.2) is 9.78 Å². The van der Waals surface area contributed by atoms with Gasteiger partial charge in [0.2, 0.25) is 5.95 Å². The van der Waals surface area contributed by atoms with Crippen molar-refractivity contribution < 1.29 is 19.1 Å². The molecule has 2 aromatic rings. The quantitative estimate of drug-likeness (QED) is 0.853. The van der Waals surface area contributed by atoms with Gasteiger partial charge < -0.3 is 10.4 Å². The molecule has 2 rings (SSSR count). The molecule has 0 aliphatic carbocycles. The number of pyridine rings is 1. The number of amides is 1. The van der Waals surface area contributed by atoms with Gasteiger partial charge in [-0.2, -0.15) is 4.39 Å². The van der Waals surface area contributed by atoms with E-state index in [9.17, 15) is 14.0 Å². The molecule has 0 saturated carbocycles. The largest absolute Gasteiger partial charge is 0.478 e. The van der Waals surface area contributed by atoms with Gasteiger partial charge in [0, 0.05) is 5.69 Å². The number of carboxylic acids is 1. The lowest BCUT2D eigenvalue weighted by Crippen LogP contribution is -2.14. The molecule has 1 aromatic carbocycles. The van der Waals surface area contributed by atoms with E-state index in [4.69, 9.17) is 16.7 Å². The summed E-state index contributed by atoms with van der Waals surface area (Å²) in [6.07, 6.45) is 0. The summed E-state index contributed by atoms with van der Waals surface area (Å²) in [5.41, 5.74) is 0.119. The maximum absolute atomic E-state index is 12.9. The maximum atomic E-state index is 12.9. The molecule has 0 aliphatic rings. The standard InChI is InChI=1S/C13H8ClFN2O3/c14-9-6-7(4-5-8(9)13(19)20)16-12(18)10-2-1-3-11(15)17-10/h1-6H,(H,16,18)(H,19,20). The molecule has 0 aliphatic heterocycles. The number of anilines is 1. The van der Waals surface area contributed by atoms with Crippen LogP contribution in [0.5, 0.6) is 0 Å². The number of benzene rings is 1. The van der Waals surface area contributed by atoms with E-state index in [2.05, 4.69) is 10.3 Å². The number of nitrogens with zero attached hydrogens (tertiary/aromatic N) is 1. The van der Waals surface area contributed by atoms with Gasteiger partial charge in [-0.3, -0.25) is 4.79 Å². The number of aromatic carboxylic acids is 1. The van der Waals surface area contributed by atoms with Gasteiger partial charge >= 0.3 is 5.97 Å². The third kappa shape index (κ3) is 3.10. The van der Waals surface area contributed by atoms with Crippen molar-refractivity contribution in [3.8, 4) is 0 Å². The van der Waals surface area contributed by atoms with E-state index in [1.54, 1.807) is 0 Å². The summed E-state index contributed by atoms with van der Waals surface area (Å²) in [5.74, 6) is -2.56. The lowest BCUT2D eigenvalue weighted by atomic mass is 10.2. The Bertz CT molecular complexity index is 691. The summed E-state index contributed by atoms with van der Waals surface area (Å²) in [5, 5.41) is 11.3. The zero-order valence-electron chi connectivity index (χ0n) is 9.93. The van der Waals surface area contributed by atoms with E-state index in [0.717, 1.165) is 6.07 Å². The molecule has 1 heterocycles. The highest BCUT2D eigenvalue weighted by Crippen LogP contribution is 2.21. The Morgan fingerprint density at radius 2 is 2.00 bits per heavy atom. The van der Waals surface area contributed by atoms with E-state index >= 15 is 0 Å². The van der Waals surface area contributed by atoms with Crippen molar-refractivity contribution in [1.29, 1.82) is 0 Å². The highest BCUT2D eigenvalue weighted by atomic mass is 35.5. The lowest BCUT2D eigenvalue weighted by Gasteiger charge is -2.06. The first-order valence-corrected chi connectivity index (χ1v) is 5.82. The van der Waals surface area contributed by atoms with Gasteiger partial charge in [0.1, 0.15) is 5.69 Å². The average Bonchev–Trinajstić information content (AvgIpc) is 2.38. The van der Waals surface area contributed by atoms with Crippen LogP contribution >= 0.6 is 11.6 Å². The van der Waals surface area contributed by atoms with Gasteiger partial charge in [0.05, 0.1) is 10.6 Å². The zero-order chi connectivity index (χ0) is 14.7. The number of carbonyl (C=O) groups is 2. The minimum atomic E-state index is -1.17. The third-order valence-electron chi connectivity index (χ3n) is 2.41. The van der Waals surface area contributed by atoms with Crippen molar-refractivity contribution in [3.05, 3.63) is 58.6 Å². The fourth-order valence-corrected chi connectivity index (χ4v) is 1.76. The van der Waals surface area contributed by atoms with E-state index in [0.29, 0.717) is 0 Å². The van der Waals surface area contributed by atoms with Crippen molar-refractivity contribution in [1.82, 2.24) is 4.98 Å². The molecule has 1 aromatic heterocycles. The second-order valence-electron chi connectivity index (χ2n) is 3.80. The van der Waals surface area contributed by atoms with Crippen LogP contribution in [0.2, 0.25) is 5.02 Å². The molecule has 0 spiro atoms. The van der Waals surface area contributed by atoms with Gasteiger partial charge in [-0.1, -0.05) is 17.7 Å². The smallest absolute Gasteiger partial charge is 0.337 e. The Labute approximate surface area is 118 Å². The highest BCUT2D eigenvalue weighted by Gasteiger charge is 2.12. The first-order valence-electron chi connectivity index (χ1n) is 5.44. The number of aromatic nitrogens is 1. The van der Waals surface area contributed by atoms with Crippen molar-refractivity contribution >= 4 is 29.2 Å². The molecule has 0 fully saturated rings. The van der Waals surface area contributed by atoms with Crippen LogP contribution < -0.4 is 5.32 Å². The molecule has 102 valence electrons. The van der Waals surface area contributed by atoms with Crippen LogP contribution in [-0.4, -0.2) is 22.0 Å². The molecule has 0 radical (unpaired) electrons. The van der Waals surface area contributed by atoms with Crippen molar-refractivity contribution in [2.45, 2.75) is 0 Å². The van der Waals surface area contributed by atoms with Gasteiger partial charge in [0.25, 0.3) is 5.91 Å². The summed E-state index contributed by atoms with van der Waals surface area (Å²) >= 11 is 5.77. The molecule has 0 unspecified atom stereocenters. The molecular formula is C13H8ClFN2O3. The molecule has 0 atom stereocenters. The predicted molar refractivity (Wildman–Crippen MR) is 70.6 cm³/mol. The van der Waals surface area contributed by atoms with Gasteiger partial charge in [-0.05, 0) is 30.3 Å². The second-order valence-corrected chi connectivity index (χ2v) is 4.21. The fourth-order valence-electron chi connectivity index (χ4n) is 1.50. The van der Waals surface area contributed by atoms with Crippen molar-refractivity contribution in [3.63, 3.8) is 0 Å². The van der Waals surface area contributed by atoms with Gasteiger partial charge in [0.15, 0.2) is 0 Å². The third-order valence-corrected chi connectivity index (χ3v) is 2.72. The number of carboxylic acid groups (broad SMARTS) is 1. The molecule has 7 heteroatoms. The topological polar surface area (TPSA) is 79.3 Å². The number of carbonyl (C=O) groups excluding carboxylic acids is 1. The summed E-state index contributed by atoms with van der Waals surface area (Å²) in [4.78, 5) is 26.0. The Kier molecular flexibility index (Phi) is 3.95. The van der Waals surface area contributed by atoms with E-state index < -0.39 is 17.8 Å².